The summed E-state index contributed by atoms with van der Waals surface area (Å²) in [6.45, 7) is 5.18. The minimum atomic E-state index is -0.584. The molecule has 1 aromatic rings. The van der Waals surface area contributed by atoms with E-state index in [0.717, 1.165) is 5.56 Å². The third kappa shape index (κ3) is 2.54. The van der Waals surface area contributed by atoms with Crippen molar-refractivity contribution in [2.75, 3.05) is 13.2 Å². The molecule has 2 N–H and O–H groups in total. The van der Waals surface area contributed by atoms with Crippen molar-refractivity contribution in [1.82, 2.24) is 4.90 Å². The van der Waals surface area contributed by atoms with Crippen LogP contribution in [0.5, 0.6) is 0 Å². The number of ether oxygens (including phenoxy) is 1. The number of rotatable bonds is 2. The van der Waals surface area contributed by atoms with Gasteiger partial charge in [0.25, 0.3) is 0 Å². The molecule has 0 unspecified atom stereocenters. The van der Waals surface area contributed by atoms with Crippen LogP contribution >= 0.6 is 0 Å². The zero-order valence-corrected chi connectivity index (χ0v) is 10.9. The van der Waals surface area contributed by atoms with Gasteiger partial charge in [-0.3, -0.25) is 4.79 Å². The van der Waals surface area contributed by atoms with Crippen LogP contribution in [-0.2, 0) is 9.53 Å². The lowest BCUT2D eigenvalue weighted by atomic mass is 10.0. The van der Waals surface area contributed by atoms with E-state index in [1.165, 1.54) is 0 Å². The van der Waals surface area contributed by atoms with Crippen molar-refractivity contribution >= 4 is 5.91 Å². The van der Waals surface area contributed by atoms with Crippen LogP contribution in [0.4, 0.5) is 0 Å². The first-order chi connectivity index (χ1) is 8.61. The van der Waals surface area contributed by atoms with E-state index in [-0.39, 0.29) is 18.1 Å². The molecule has 2 rings (SSSR count). The van der Waals surface area contributed by atoms with Crippen LogP contribution in [0.25, 0.3) is 0 Å². The lowest BCUT2D eigenvalue weighted by Crippen LogP contribution is -2.53. The van der Waals surface area contributed by atoms with Gasteiger partial charge in [-0.05, 0) is 19.4 Å². The quantitative estimate of drug-likeness (QED) is 0.859. The summed E-state index contributed by atoms with van der Waals surface area (Å²) in [5, 5.41) is 0. The summed E-state index contributed by atoms with van der Waals surface area (Å²) >= 11 is 0. The fourth-order valence-corrected chi connectivity index (χ4v) is 2.23. The number of carbonyl (C=O) groups excluding carboxylic acids is 1. The second-order valence-electron chi connectivity index (χ2n) is 4.74. The Labute approximate surface area is 108 Å². The predicted octanol–water partition coefficient (Wildman–Crippen LogP) is 1.32. The van der Waals surface area contributed by atoms with Crippen molar-refractivity contribution in [3.63, 3.8) is 0 Å². The first kappa shape index (κ1) is 13.1. The van der Waals surface area contributed by atoms with Gasteiger partial charge in [-0.2, -0.15) is 0 Å². The number of carbonyl (C=O) groups is 1. The fraction of sp³-hybridized carbons (Fsp3) is 0.500. The van der Waals surface area contributed by atoms with Crippen LogP contribution < -0.4 is 5.73 Å². The molecule has 0 spiro atoms. The highest BCUT2D eigenvalue weighted by atomic mass is 16.5. The molecule has 1 aromatic carbocycles. The number of morpholine rings is 1. The monoisotopic (exact) mass is 248 g/mol. The van der Waals surface area contributed by atoms with Gasteiger partial charge in [0.15, 0.2) is 0 Å². The fourth-order valence-electron chi connectivity index (χ4n) is 2.23. The van der Waals surface area contributed by atoms with Gasteiger partial charge in [-0.25, -0.2) is 0 Å². The molecule has 0 aliphatic carbocycles. The topological polar surface area (TPSA) is 55.6 Å². The van der Waals surface area contributed by atoms with Crippen LogP contribution in [0, 0.1) is 0 Å². The Balaban J connectivity index is 2.11. The molecule has 18 heavy (non-hydrogen) atoms. The largest absolute Gasteiger partial charge is 0.375 e. The highest BCUT2D eigenvalue weighted by molar-refractivity contribution is 5.83. The molecule has 0 radical (unpaired) electrons. The Morgan fingerprint density at radius 2 is 2.06 bits per heavy atom. The predicted molar refractivity (Wildman–Crippen MR) is 70.0 cm³/mol. The third-order valence-electron chi connectivity index (χ3n) is 3.59. The maximum absolute atomic E-state index is 12.4. The zero-order chi connectivity index (χ0) is 13.1. The van der Waals surface area contributed by atoms with E-state index in [2.05, 4.69) is 0 Å². The Kier molecular flexibility index (Phi) is 3.99. The summed E-state index contributed by atoms with van der Waals surface area (Å²) in [6.07, 6.45) is 0.0608. The minimum Gasteiger partial charge on any atom is -0.375 e. The maximum Gasteiger partial charge on any atom is 0.244 e. The van der Waals surface area contributed by atoms with E-state index in [1.807, 2.05) is 49.1 Å². The summed E-state index contributed by atoms with van der Waals surface area (Å²) in [7, 11) is 0. The molecule has 0 bridgehead atoms. The summed E-state index contributed by atoms with van der Waals surface area (Å²) in [5.41, 5.74) is 6.90. The van der Waals surface area contributed by atoms with Crippen molar-refractivity contribution in [3.05, 3.63) is 35.9 Å². The Hall–Kier alpha value is -1.39. The van der Waals surface area contributed by atoms with E-state index in [4.69, 9.17) is 10.5 Å². The highest BCUT2D eigenvalue weighted by Gasteiger charge is 2.32. The molecule has 3 atom stereocenters. The summed E-state index contributed by atoms with van der Waals surface area (Å²) in [4.78, 5) is 14.2. The van der Waals surface area contributed by atoms with Gasteiger partial charge < -0.3 is 15.4 Å². The van der Waals surface area contributed by atoms with E-state index in [1.54, 1.807) is 0 Å². The first-order valence-electron chi connectivity index (χ1n) is 6.34. The summed E-state index contributed by atoms with van der Waals surface area (Å²) < 4.78 is 5.52. The number of hydrogen-bond acceptors (Lipinski definition) is 3. The van der Waals surface area contributed by atoms with Crippen molar-refractivity contribution in [2.45, 2.75) is 32.0 Å². The van der Waals surface area contributed by atoms with Crippen LogP contribution in [0.1, 0.15) is 25.5 Å². The second-order valence-corrected chi connectivity index (χ2v) is 4.74. The lowest BCUT2D eigenvalue weighted by molar-refractivity contribution is -0.145. The van der Waals surface area contributed by atoms with Crippen LogP contribution in [0.3, 0.4) is 0 Å². The standard InChI is InChI=1S/C14H20N2O2/c1-10-11(2)18-9-8-16(10)14(17)13(15)12-6-4-3-5-7-12/h3-7,10-11,13H,8-9,15H2,1-2H3/t10-,11+,13+/m1/s1. The smallest absolute Gasteiger partial charge is 0.244 e. The van der Waals surface area contributed by atoms with Crippen molar-refractivity contribution in [3.8, 4) is 0 Å². The van der Waals surface area contributed by atoms with Gasteiger partial charge in [-0.15, -0.1) is 0 Å². The molecule has 0 aromatic heterocycles. The van der Waals surface area contributed by atoms with E-state index in [0.29, 0.717) is 13.2 Å². The van der Waals surface area contributed by atoms with Gasteiger partial charge in [-0.1, -0.05) is 30.3 Å². The minimum absolute atomic E-state index is 0.0242. The van der Waals surface area contributed by atoms with E-state index < -0.39 is 6.04 Å². The molecule has 98 valence electrons. The van der Waals surface area contributed by atoms with Gasteiger partial charge in [0, 0.05) is 6.54 Å². The normalized spacial score (nSPS) is 25.8. The first-order valence-corrected chi connectivity index (χ1v) is 6.34. The van der Waals surface area contributed by atoms with E-state index >= 15 is 0 Å². The van der Waals surface area contributed by atoms with Gasteiger partial charge in [0.05, 0.1) is 18.8 Å². The number of benzene rings is 1. The van der Waals surface area contributed by atoms with Crippen LogP contribution in [0.2, 0.25) is 0 Å². The van der Waals surface area contributed by atoms with Crippen LogP contribution in [-0.4, -0.2) is 36.1 Å². The van der Waals surface area contributed by atoms with Crippen molar-refractivity contribution < 1.29 is 9.53 Å². The Morgan fingerprint density at radius 3 is 2.72 bits per heavy atom. The molecule has 1 aliphatic rings. The molecule has 4 heteroatoms. The zero-order valence-electron chi connectivity index (χ0n) is 10.9. The molecule has 1 saturated heterocycles. The SMILES string of the molecule is C[C@@H]1OCCN(C(=O)[C@@H](N)c2ccccc2)[C@@H]1C. The van der Waals surface area contributed by atoms with Gasteiger partial charge in [0.2, 0.25) is 5.91 Å². The van der Waals surface area contributed by atoms with Crippen molar-refractivity contribution in [1.29, 1.82) is 0 Å². The molecule has 1 aliphatic heterocycles. The Morgan fingerprint density at radius 1 is 1.39 bits per heavy atom. The summed E-state index contributed by atoms with van der Waals surface area (Å²) in [6, 6.07) is 8.97. The molecule has 4 nitrogen and oxygen atoms in total. The highest BCUT2D eigenvalue weighted by Crippen LogP contribution is 2.19. The molecule has 1 fully saturated rings. The molecule has 1 amide bonds. The van der Waals surface area contributed by atoms with Crippen molar-refractivity contribution in [2.24, 2.45) is 5.73 Å². The van der Waals surface area contributed by atoms with E-state index in [9.17, 15) is 4.79 Å². The molecular weight excluding hydrogens is 228 g/mol. The third-order valence-corrected chi connectivity index (χ3v) is 3.59. The number of hydrogen-bond donors (Lipinski definition) is 1. The lowest BCUT2D eigenvalue weighted by Gasteiger charge is -2.39. The average molecular weight is 248 g/mol. The van der Waals surface area contributed by atoms with Crippen LogP contribution in [0.15, 0.2) is 30.3 Å². The molecular formula is C14H20N2O2. The number of amides is 1. The Bertz CT molecular complexity index is 408. The molecule has 0 saturated carbocycles. The van der Waals surface area contributed by atoms with Gasteiger partial charge >= 0.3 is 0 Å². The summed E-state index contributed by atoms with van der Waals surface area (Å²) in [5.74, 6) is -0.0242. The second kappa shape index (κ2) is 5.50. The average Bonchev–Trinajstić information content (AvgIpc) is 2.41. The number of nitrogens with zero attached hydrogens (tertiary/aromatic N) is 1. The number of nitrogens with two attached hydrogens (primary N) is 1. The van der Waals surface area contributed by atoms with Gasteiger partial charge in [0.1, 0.15) is 6.04 Å². The molecule has 1 heterocycles. The maximum atomic E-state index is 12.4.